The Kier molecular flexibility index (Phi) is 3.62. The van der Waals surface area contributed by atoms with Crippen molar-refractivity contribution < 1.29 is 4.74 Å². The fourth-order valence-electron chi connectivity index (χ4n) is 1.54. The summed E-state index contributed by atoms with van der Waals surface area (Å²) in [4.78, 5) is 12.2. The first-order chi connectivity index (χ1) is 8.60. The van der Waals surface area contributed by atoms with Crippen LogP contribution in [0.15, 0.2) is 18.2 Å². The van der Waals surface area contributed by atoms with E-state index in [1.807, 2.05) is 13.0 Å². The zero-order chi connectivity index (χ0) is 13.1. The second-order valence-electron chi connectivity index (χ2n) is 3.64. The number of rotatable bonds is 3. The van der Waals surface area contributed by atoms with Crippen molar-refractivity contribution in [1.82, 2.24) is 15.0 Å². The van der Waals surface area contributed by atoms with Crippen molar-refractivity contribution in [2.24, 2.45) is 0 Å². The quantitative estimate of drug-likeness (QED) is 0.922. The highest BCUT2D eigenvalue weighted by Gasteiger charge is 2.08. The van der Waals surface area contributed by atoms with Crippen molar-refractivity contribution in [1.29, 1.82) is 0 Å². The molecule has 0 unspecified atom stereocenters. The smallest absolute Gasteiger partial charge is 0.223 e. The Balaban J connectivity index is 2.42. The molecule has 0 saturated heterocycles. The summed E-state index contributed by atoms with van der Waals surface area (Å²) in [5.41, 5.74) is 6.37. The molecule has 0 radical (unpaired) electrons. The van der Waals surface area contributed by atoms with Crippen LogP contribution in [0, 0.1) is 6.92 Å². The van der Waals surface area contributed by atoms with E-state index in [-0.39, 0.29) is 5.95 Å². The first kappa shape index (κ1) is 12.6. The van der Waals surface area contributed by atoms with Gasteiger partial charge in [0.15, 0.2) is 5.82 Å². The van der Waals surface area contributed by atoms with E-state index in [1.165, 1.54) is 0 Å². The molecule has 1 aromatic heterocycles. The van der Waals surface area contributed by atoms with E-state index in [0.717, 1.165) is 5.56 Å². The van der Waals surface area contributed by atoms with Crippen LogP contribution in [-0.4, -0.2) is 21.6 Å². The molecule has 0 saturated carbocycles. The molecule has 0 aliphatic heterocycles. The minimum atomic E-state index is 0.197. The number of anilines is 1. The van der Waals surface area contributed by atoms with Gasteiger partial charge in [0.1, 0.15) is 11.6 Å². The van der Waals surface area contributed by atoms with E-state index in [9.17, 15) is 0 Å². The Bertz CT molecular complexity index is 554. The normalized spacial score (nSPS) is 10.4. The second-order valence-corrected chi connectivity index (χ2v) is 4.05. The number of aryl methyl sites for hydroxylation is 1. The number of ether oxygens (including phenoxy) is 1. The topological polar surface area (TPSA) is 73.9 Å². The van der Waals surface area contributed by atoms with Crippen molar-refractivity contribution in [3.63, 3.8) is 0 Å². The molecule has 1 aromatic carbocycles. The molecule has 0 spiro atoms. The number of hydrogen-bond donors (Lipinski definition) is 1. The molecule has 2 aromatic rings. The molecular weight excluding hydrogens is 252 g/mol. The number of nitrogen functional groups attached to an aromatic ring is 1. The number of hydrogen-bond acceptors (Lipinski definition) is 5. The third-order valence-corrected chi connectivity index (χ3v) is 2.55. The van der Waals surface area contributed by atoms with Crippen LogP contribution in [0.5, 0.6) is 5.75 Å². The Morgan fingerprint density at radius 3 is 2.67 bits per heavy atom. The summed E-state index contributed by atoms with van der Waals surface area (Å²) in [6.07, 6.45) is 0. The number of benzene rings is 1. The van der Waals surface area contributed by atoms with Crippen LogP contribution < -0.4 is 10.5 Å². The van der Waals surface area contributed by atoms with Gasteiger partial charge in [-0.05, 0) is 32.0 Å². The van der Waals surface area contributed by atoms with Crippen LogP contribution in [0.2, 0.25) is 5.02 Å². The predicted octanol–water partition coefficient (Wildman–Crippen LogP) is 2.48. The molecule has 0 amide bonds. The molecule has 0 fully saturated rings. The lowest BCUT2D eigenvalue weighted by Gasteiger charge is -2.07. The lowest BCUT2D eigenvalue weighted by Crippen LogP contribution is -2.02. The zero-order valence-corrected chi connectivity index (χ0v) is 10.9. The maximum Gasteiger partial charge on any atom is 0.223 e. The van der Waals surface area contributed by atoms with Gasteiger partial charge in [-0.2, -0.15) is 9.97 Å². The first-order valence-electron chi connectivity index (χ1n) is 5.51. The van der Waals surface area contributed by atoms with Crippen molar-refractivity contribution in [2.75, 3.05) is 12.3 Å². The minimum Gasteiger partial charge on any atom is -0.492 e. The van der Waals surface area contributed by atoms with E-state index in [2.05, 4.69) is 15.0 Å². The molecule has 1 heterocycles. The van der Waals surface area contributed by atoms with E-state index in [1.54, 1.807) is 19.1 Å². The highest BCUT2D eigenvalue weighted by atomic mass is 35.5. The first-order valence-corrected chi connectivity index (χ1v) is 5.89. The summed E-state index contributed by atoms with van der Waals surface area (Å²) in [6.45, 7) is 4.23. The minimum absolute atomic E-state index is 0.197. The number of halogens is 1. The standard InChI is InChI=1S/C12H13ClN4O/c1-3-18-10-5-4-8(6-9(10)13)11-15-7(2)16-12(14)17-11/h4-6H,3H2,1-2H3,(H2,14,15,16,17). The average molecular weight is 265 g/mol. The molecule has 6 heteroatoms. The molecule has 18 heavy (non-hydrogen) atoms. The van der Waals surface area contributed by atoms with Gasteiger partial charge in [0, 0.05) is 5.56 Å². The Morgan fingerprint density at radius 1 is 1.28 bits per heavy atom. The molecule has 2 N–H and O–H groups in total. The lowest BCUT2D eigenvalue weighted by molar-refractivity contribution is 0.340. The summed E-state index contributed by atoms with van der Waals surface area (Å²) >= 11 is 6.11. The Hall–Kier alpha value is -1.88. The van der Waals surface area contributed by atoms with Crippen molar-refractivity contribution in [3.05, 3.63) is 29.0 Å². The fraction of sp³-hybridized carbons (Fsp3) is 0.250. The van der Waals surface area contributed by atoms with Gasteiger partial charge in [-0.3, -0.25) is 0 Å². The maximum atomic E-state index is 6.11. The van der Waals surface area contributed by atoms with Crippen LogP contribution in [0.3, 0.4) is 0 Å². The fourth-order valence-corrected chi connectivity index (χ4v) is 1.78. The van der Waals surface area contributed by atoms with Crippen LogP contribution in [-0.2, 0) is 0 Å². The maximum absolute atomic E-state index is 6.11. The lowest BCUT2D eigenvalue weighted by atomic mass is 10.2. The molecule has 0 aliphatic rings. The van der Waals surface area contributed by atoms with Gasteiger partial charge in [0.25, 0.3) is 0 Å². The molecule has 5 nitrogen and oxygen atoms in total. The summed E-state index contributed by atoms with van der Waals surface area (Å²) in [5, 5.41) is 0.519. The van der Waals surface area contributed by atoms with Gasteiger partial charge in [-0.15, -0.1) is 0 Å². The predicted molar refractivity (Wildman–Crippen MR) is 70.6 cm³/mol. The third kappa shape index (κ3) is 2.68. The van der Waals surface area contributed by atoms with Crippen molar-refractivity contribution >= 4 is 17.5 Å². The Morgan fingerprint density at radius 2 is 2.06 bits per heavy atom. The van der Waals surface area contributed by atoms with Crippen LogP contribution in [0.25, 0.3) is 11.4 Å². The van der Waals surface area contributed by atoms with Gasteiger partial charge >= 0.3 is 0 Å². The second kappa shape index (κ2) is 5.18. The van der Waals surface area contributed by atoms with Gasteiger partial charge in [0.2, 0.25) is 5.95 Å². The molecule has 0 aliphatic carbocycles. The number of nitrogens with zero attached hydrogens (tertiary/aromatic N) is 3. The molecule has 2 rings (SSSR count). The average Bonchev–Trinajstić information content (AvgIpc) is 2.30. The number of aromatic nitrogens is 3. The van der Waals surface area contributed by atoms with Crippen molar-refractivity contribution in [2.45, 2.75) is 13.8 Å². The monoisotopic (exact) mass is 264 g/mol. The SMILES string of the molecule is CCOc1ccc(-c2nc(C)nc(N)n2)cc1Cl. The van der Waals surface area contributed by atoms with Gasteiger partial charge in [-0.25, -0.2) is 4.98 Å². The largest absolute Gasteiger partial charge is 0.492 e. The highest BCUT2D eigenvalue weighted by Crippen LogP contribution is 2.29. The van der Waals surface area contributed by atoms with Crippen LogP contribution in [0.4, 0.5) is 5.95 Å². The van der Waals surface area contributed by atoms with Crippen molar-refractivity contribution in [3.8, 4) is 17.1 Å². The molecular formula is C12H13ClN4O. The zero-order valence-electron chi connectivity index (χ0n) is 10.1. The van der Waals surface area contributed by atoms with Gasteiger partial charge in [-0.1, -0.05) is 11.6 Å². The molecule has 0 bridgehead atoms. The van der Waals surface area contributed by atoms with Crippen LogP contribution in [0.1, 0.15) is 12.7 Å². The highest BCUT2D eigenvalue weighted by molar-refractivity contribution is 6.32. The van der Waals surface area contributed by atoms with E-state index in [0.29, 0.717) is 29.0 Å². The summed E-state index contributed by atoms with van der Waals surface area (Å²) < 4.78 is 5.37. The summed E-state index contributed by atoms with van der Waals surface area (Å²) in [7, 11) is 0. The molecule has 0 atom stereocenters. The van der Waals surface area contributed by atoms with E-state index < -0.39 is 0 Å². The van der Waals surface area contributed by atoms with E-state index in [4.69, 9.17) is 22.1 Å². The van der Waals surface area contributed by atoms with Gasteiger partial charge < -0.3 is 10.5 Å². The molecule has 94 valence electrons. The number of nitrogens with two attached hydrogens (primary N) is 1. The van der Waals surface area contributed by atoms with Crippen LogP contribution >= 0.6 is 11.6 Å². The van der Waals surface area contributed by atoms with E-state index >= 15 is 0 Å². The Labute approximate surface area is 110 Å². The summed E-state index contributed by atoms with van der Waals surface area (Å²) in [5.74, 6) is 1.91. The van der Waals surface area contributed by atoms with Gasteiger partial charge in [0.05, 0.1) is 11.6 Å². The summed E-state index contributed by atoms with van der Waals surface area (Å²) in [6, 6.07) is 5.38. The third-order valence-electron chi connectivity index (χ3n) is 2.25.